The van der Waals surface area contributed by atoms with E-state index in [2.05, 4.69) is 10.2 Å². The molecule has 23 heavy (non-hydrogen) atoms. The number of rotatable bonds is 4. The Labute approximate surface area is 133 Å². The van der Waals surface area contributed by atoms with Gasteiger partial charge in [0.15, 0.2) is 5.69 Å². The van der Waals surface area contributed by atoms with Gasteiger partial charge >= 0.3 is 0 Å². The zero-order valence-electron chi connectivity index (χ0n) is 12.6. The number of nitrogen functional groups attached to an aromatic ring is 1. The van der Waals surface area contributed by atoms with Crippen LogP contribution in [0.3, 0.4) is 0 Å². The van der Waals surface area contributed by atoms with Crippen molar-refractivity contribution in [3.05, 3.63) is 48.2 Å². The number of ether oxygens (including phenoxy) is 1. The highest BCUT2D eigenvalue weighted by Gasteiger charge is 2.15. The highest BCUT2D eigenvalue weighted by atomic mass is 16.5. The topological polar surface area (TPSA) is 104 Å². The number of hydrogen-bond donors (Lipinski definition) is 2. The summed E-state index contributed by atoms with van der Waals surface area (Å²) >= 11 is 0. The summed E-state index contributed by atoms with van der Waals surface area (Å²) in [5, 5.41) is 8.66. The SMILES string of the molecule is CCOc1cccc(-c2cccc3c(N)c(C(N)=O)nnc23)c1. The molecule has 4 N–H and O–H groups in total. The first-order valence-electron chi connectivity index (χ1n) is 7.19. The van der Waals surface area contributed by atoms with E-state index in [0.717, 1.165) is 16.9 Å². The molecule has 0 spiro atoms. The summed E-state index contributed by atoms with van der Waals surface area (Å²) in [7, 11) is 0. The third kappa shape index (κ3) is 2.66. The number of aromatic nitrogens is 2. The lowest BCUT2D eigenvalue weighted by Crippen LogP contribution is -2.16. The molecule has 6 nitrogen and oxygen atoms in total. The highest BCUT2D eigenvalue weighted by Crippen LogP contribution is 2.32. The minimum absolute atomic E-state index is 0.0160. The first-order chi connectivity index (χ1) is 11.1. The number of amides is 1. The summed E-state index contributed by atoms with van der Waals surface area (Å²) in [5.74, 6) is 0.0809. The number of carbonyl (C=O) groups is 1. The Kier molecular flexibility index (Phi) is 3.80. The first kappa shape index (κ1) is 14.8. The van der Waals surface area contributed by atoms with Crippen LogP contribution in [-0.4, -0.2) is 22.7 Å². The second-order valence-electron chi connectivity index (χ2n) is 4.99. The van der Waals surface area contributed by atoms with E-state index in [1.807, 2.05) is 43.3 Å². The van der Waals surface area contributed by atoms with Crippen molar-refractivity contribution in [3.8, 4) is 16.9 Å². The van der Waals surface area contributed by atoms with Crippen molar-refractivity contribution in [2.24, 2.45) is 5.73 Å². The third-order valence-electron chi connectivity index (χ3n) is 3.52. The van der Waals surface area contributed by atoms with Crippen molar-refractivity contribution in [3.63, 3.8) is 0 Å². The van der Waals surface area contributed by atoms with E-state index < -0.39 is 5.91 Å². The van der Waals surface area contributed by atoms with E-state index in [1.54, 1.807) is 6.07 Å². The Hall–Kier alpha value is -3.15. The Morgan fingerprint density at radius 3 is 2.70 bits per heavy atom. The van der Waals surface area contributed by atoms with E-state index >= 15 is 0 Å². The molecule has 3 rings (SSSR count). The van der Waals surface area contributed by atoms with Gasteiger partial charge in [-0.3, -0.25) is 4.79 Å². The summed E-state index contributed by atoms with van der Waals surface area (Å²) in [6.45, 7) is 2.52. The minimum Gasteiger partial charge on any atom is -0.494 e. The van der Waals surface area contributed by atoms with Crippen molar-refractivity contribution in [2.45, 2.75) is 6.92 Å². The summed E-state index contributed by atoms with van der Waals surface area (Å²) in [4.78, 5) is 11.4. The lowest BCUT2D eigenvalue weighted by molar-refractivity contribution is 0.0996. The maximum absolute atomic E-state index is 11.4. The zero-order valence-corrected chi connectivity index (χ0v) is 12.6. The Balaban J connectivity index is 2.21. The molecule has 1 heterocycles. The fraction of sp³-hybridized carbons (Fsp3) is 0.118. The largest absolute Gasteiger partial charge is 0.494 e. The molecule has 6 heteroatoms. The van der Waals surface area contributed by atoms with E-state index in [0.29, 0.717) is 17.5 Å². The van der Waals surface area contributed by atoms with Crippen LogP contribution in [0.4, 0.5) is 5.69 Å². The molecule has 0 atom stereocenters. The Bertz CT molecular complexity index is 893. The number of nitrogens with zero attached hydrogens (tertiary/aromatic N) is 2. The van der Waals surface area contributed by atoms with Crippen LogP contribution in [0, 0.1) is 0 Å². The minimum atomic E-state index is -0.694. The van der Waals surface area contributed by atoms with E-state index in [-0.39, 0.29) is 11.4 Å². The number of fused-ring (bicyclic) bond motifs is 1. The van der Waals surface area contributed by atoms with Gasteiger partial charge in [-0.1, -0.05) is 30.3 Å². The van der Waals surface area contributed by atoms with Crippen molar-refractivity contribution in [1.29, 1.82) is 0 Å². The van der Waals surface area contributed by atoms with Gasteiger partial charge in [-0.15, -0.1) is 10.2 Å². The smallest absolute Gasteiger partial charge is 0.271 e. The first-order valence-corrected chi connectivity index (χ1v) is 7.19. The van der Waals surface area contributed by atoms with Crippen LogP contribution in [-0.2, 0) is 0 Å². The van der Waals surface area contributed by atoms with Gasteiger partial charge < -0.3 is 16.2 Å². The van der Waals surface area contributed by atoms with Gasteiger partial charge in [0.25, 0.3) is 5.91 Å². The quantitative estimate of drug-likeness (QED) is 0.770. The second kappa shape index (κ2) is 5.92. The molecule has 0 aliphatic carbocycles. The predicted molar refractivity (Wildman–Crippen MR) is 89.1 cm³/mol. The molecule has 0 unspecified atom stereocenters. The van der Waals surface area contributed by atoms with Gasteiger partial charge in [0.05, 0.1) is 12.3 Å². The standard InChI is InChI=1S/C17H16N4O2/c1-2-23-11-6-3-5-10(9-11)12-7-4-8-13-14(18)16(17(19)22)21-20-15(12)13/h3-9H,2H2,1H3,(H2,18,20)(H2,19,22). The monoisotopic (exact) mass is 308 g/mol. The van der Waals surface area contributed by atoms with Crippen LogP contribution >= 0.6 is 0 Å². The summed E-state index contributed by atoms with van der Waals surface area (Å²) in [6, 6.07) is 13.3. The van der Waals surface area contributed by atoms with Gasteiger partial charge in [0.1, 0.15) is 11.3 Å². The van der Waals surface area contributed by atoms with Gasteiger partial charge in [-0.25, -0.2) is 0 Å². The molecule has 1 aromatic heterocycles. The lowest BCUT2D eigenvalue weighted by Gasteiger charge is -2.10. The average molecular weight is 308 g/mol. The van der Waals surface area contributed by atoms with Crippen molar-refractivity contribution in [2.75, 3.05) is 12.3 Å². The van der Waals surface area contributed by atoms with Crippen LogP contribution in [0.25, 0.3) is 22.0 Å². The van der Waals surface area contributed by atoms with Crippen molar-refractivity contribution < 1.29 is 9.53 Å². The summed E-state index contributed by atoms with van der Waals surface area (Å²) in [6.07, 6.45) is 0. The zero-order chi connectivity index (χ0) is 16.4. The lowest BCUT2D eigenvalue weighted by atomic mass is 10.0. The maximum Gasteiger partial charge on any atom is 0.271 e. The molecule has 0 saturated heterocycles. The fourth-order valence-electron chi connectivity index (χ4n) is 2.49. The van der Waals surface area contributed by atoms with E-state index in [1.165, 1.54) is 0 Å². The highest BCUT2D eigenvalue weighted by molar-refractivity contribution is 6.07. The molecule has 3 aromatic rings. The molecular formula is C17H16N4O2. The number of anilines is 1. The fourth-order valence-corrected chi connectivity index (χ4v) is 2.49. The number of hydrogen-bond acceptors (Lipinski definition) is 5. The van der Waals surface area contributed by atoms with Gasteiger partial charge in [0.2, 0.25) is 0 Å². The van der Waals surface area contributed by atoms with Crippen LogP contribution in [0.2, 0.25) is 0 Å². The molecular weight excluding hydrogens is 292 g/mol. The molecule has 0 aliphatic heterocycles. The number of nitrogens with two attached hydrogens (primary N) is 2. The van der Waals surface area contributed by atoms with E-state index in [9.17, 15) is 4.79 Å². The number of benzene rings is 2. The molecule has 0 fully saturated rings. The molecule has 0 bridgehead atoms. The predicted octanol–water partition coefficient (Wildman–Crippen LogP) is 2.38. The second-order valence-corrected chi connectivity index (χ2v) is 4.99. The summed E-state index contributed by atoms with van der Waals surface area (Å²) < 4.78 is 5.53. The van der Waals surface area contributed by atoms with Crippen molar-refractivity contribution >= 4 is 22.5 Å². The van der Waals surface area contributed by atoms with Crippen molar-refractivity contribution in [1.82, 2.24) is 10.2 Å². The summed E-state index contributed by atoms with van der Waals surface area (Å²) in [5.41, 5.74) is 13.9. The van der Waals surface area contributed by atoms with Crippen LogP contribution in [0.5, 0.6) is 5.75 Å². The molecule has 2 aromatic carbocycles. The van der Waals surface area contributed by atoms with Gasteiger partial charge in [0, 0.05) is 10.9 Å². The molecule has 116 valence electrons. The van der Waals surface area contributed by atoms with Crippen LogP contribution in [0.15, 0.2) is 42.5 Å². The maximum atomic E-state index is 11.4. The number of carbonyl (C=O) groups excluding carboxylic acids is 1. The Morgan fingerprint density at radius 1 is 1.17 bits per heavy atom. The van der Waals surface area contributed by atoms with E-state index in [4.69, 9.17) is 16.2 Å². The molecule has 0 saturated carbocycles. The third-order valence-corrected chi connectivity index (χ3v) is 3.52. The van der Waals surface area contributed by atoms with Gasteiger partial charge in [-0.2, -0.15) is 0 Å². The van der Waals surface area contributed by atoms with Crippen LogP contribution < -0.4 is 16.2 Å². The van der Waals surface area contributed by atoms with Crippen LogP contribution in [0.1, 0.15) is 17.4 Å². The van der Waals surface area contributed by atoms with Gasteiger partial charge in [-0.05, 0) is 24.6 Å². The molecule has 1 amide bonds. The average Bonchev–Trinajstić information content (AvgIpc) is 2.55. The molecule has 0 radical (unpaired) electrons. The molecule has 0 aliphatic rings. The Morgan fingerprint density at radius 2 is 1.96 bits per heavy atom. The number of primary amides is 1. The normalized spacial score (nSPS) is 10.7.